The molecular formula is C21H23N3. The Hall–Kier alpha value is -2.81. The zero-order valence-corrected chi connectivity index (χ0v) is 14.2. The van der Waals surface area contributed by atoms with Gasteiger partial charge in [0.1, 0.15) is 5.82 Å². The van der Waals surface area contributed by atoms with Crippen molar-refractivity contribution in [1.29, 1.82) is 0 Å². The van der Waals surface area contributed by atoms with E-state index >= 15 is 0 Å². The summed E-state index contributed by atoms with van der Waals surface area (Å²) in [7, 11) is 0. The first-order valence-corrected chi connectivity index (χ1v) is 8.11. The van der Waals surface area contributed by atoms with Gasteiger partial charge in [0.15, 0.2) is 0 Å². The van der Waals surface area contributed by atoms with Gasteiger partial charge in [0.2, 0.25) is 0 Å². The molecule has 2 aromatic carbocycles. The van der Waals surface area contributed by atoms with E-state index in [1.165, 1.54) is 22.3 Å². The number of benzene rings is 2. The van der Waals surface area contributed by atoms with Gasteiger partial charge in [0.05, 0.1) is 0 Å². The SMILES string of the molecule is C=C(N)N=CC1=C(N)c2ccccc2[C@@H](c2ccc(C)c(C)c2)C1. The maximum absolute atomic E-state index is 6.39. The molecule has 24 heavy (non-hydrogen) atoms. The van der Waals surface area contributed by atoms with Crippen LogP contribution < -0.4 is 11.5 Å². The Bertz CT molecular complexity index is 859. The smallest absolute Gasteiger partial charge is 0.116 e. The van der Waals surface area contributed by atoms with Gasteiger partial charge in [0, 0.05) is 23.4 Å². The Balaban J connectivity index is 2.11. The van der Waals surface area contributed by atoms with Gasteiger partial charge in [-0.3, -0.25) is 0 Å². The molecule has 3 nitrogen and oxygen atoms in total. The number of hydrogen-bond acceptors (Lipinski definition) is 3. The average Bonchev–Trinajstić information content (AvgIpc) is 2.57. The Morgan fingerprint density at radius 3 is 2.62 bits per heavy atom. The first-order chi connectivity index (χ1) is 11.5. The van der Waals surface area contributed by atoms with Gasteiger partial charge in [-0.2, -0.15) is 0 Å². The Morgan fingerprint density at radius 1 is 1.17 bits per heavy atom. The van der Waals surface area contributed by atoms with E-state index in [1.54, 1.807) is 6.21 Å². The lowest BCUT2D eigenvalue weighted by Gasteiger charge is -2.28. The molecule has 0 unspecified atom stereocenters. The van der Waals surface area contributed by atoms with Crippen LogP contribution in [0.25, 0.3) is 5.70 Å². The monoisotopic (exact) mass is 317 g/mol. The predicted octanol–water partition coefficient (Wildman–Crippen LogP) is 4.01. The summed E-state index contributed by atoms with van der Waals surface area (Å²) in [4.78, 5) is 4.15. The number of allylic oxidation sites excluding steroid dienone is 1. The van der Waals surface area contributed by atoms with Crippen LogP contribution in [0.2, 0.25) is 0 Å². The minimum Gasteiger partial charge on any atom is -0.398 e. The molecule has 3 heteroatoms. The van der Waals surface area contributed by atoms with E-state index in [4.69, 9.17) is 11.5 Å². The van der Waals surface area contributed by atoms with Crippen LogP contribution in [0.1, 0.15) is 40.2 Å². The largest absolute Gasteiger partial charge is 0.398 e. The molecule has 1 aliphatic rings. The third kappa shape index (κ3) is 2.98. The fraction of sp³-hybridized carbons (Fsp3) is 0.190. The third-order valence-electron chi connectivity index (χ3n) is 4.72. The van der Waals surface area contributed by atoms with Gasteiger partial charge in [-0.05, 0) is 48.1 Å². The lowest BCUT2D eigenvalue weighted by Crippen LogP contribution is -2.17. The van der Waals surface area contributed by atoms with Crippen molar-refractivity contribution in [1.82, 2.24) is 0 Å². The molecule has 2 aromatic rings. The number of nitrogens with two attached hydrogens (primary N) is 2. The molecule has 3 rings (SSSR count). The van der Waals surface area contributed by atoms with E-state index < -0.39 is 0 Å². The zero-order chi connectivity index (χ0) is 17.3. The van der Waals surface area contributed by atoms with E-state index in [9.17, 15) is 0 Å². The molecule has 1 aliphatic carbocycles. The number of rotatable bonds is 3. The van der Waals surface area contributed by atoms with Gasteiger partial charge < -0.3 is 11.5 Å². The fourth-order valence-electron chi connectivity index (χ4n) is 3.22. The molecule has 4 N–H and O–H groups in total. The topological polar surface area (TPSA) is 64.4 Å². The second-order valence-electron chi connectivity index (χ2n) is 6.38. The van der Waals surface area contributed by atoms with Crippen LogP contribution in [0.15, 0.2) is 65.4 Å². The zero-order valence-electron chi connectivity index (χ0n) is 14.2. The maximum Gasteiger partial charge on any atom is 0.116 e. The second kappa shape index (κ2) is 6.36. The molecule has 0 spiro atoms. The minimum absolute atomic E-state index is 0.264. The number of aryl methyl sites for hydroxylation is 2. The van der Waals surface area contributed by atoms with Crippen molar-refractivity contribution >= 4 is 11.9 Å². The van der Waals surface area contributed by atoms with Crippen LogP contribution in [-0.2, 0) is 0 Å². The molecule has 0 aromatic heterocycles. The molecular weight excluding hydrogens is 294 g/mol. The van der Waals surface area contributed by atoms with Crippen LogP contribution in [0, 0.1) is 13.8 Å². The van der Waals surface area contributed by atoms with Crippen molar-refractivity contribution in [3.63, 3.8) is 0 Å². The molecule has 0 radical (unpaired) electrons. The van der Waals surface area contributed by atoms with E-state index in [1.807, 2.05) is 6.07 Å². The van der Waals surface area contributed by atoms with Crippen LogP contribution in [0.4, 0.5) is 0 Å². The quantitative estimate of drug-likeness (QED) is 0.840. The maximum atomic E-state index is 6.39. The minimum atomic E-state index is 0.264. The van der Waals surface area contributed by atoms with Gasteiger partial charge in [-0.15, -0.1) is 0 Å². The molecule has 0 bridgehead atoms. The van der Waals surface area contributed by atoms with Gasteiger partial charge in [-0.25, -0.2) is 4.99 Å². The second-order valence-corrected chi connectivity index (χ2v) is 6.38. The lowest BCUT2D eigenvalue weighted by atomic mass is 9.77. The summed E-state index contributed by atoms with van der Waals surface area (Å²) in [5.41, 5.74) is 20.0. The molecule has 0 saturated heterocycles. The highest BCUT2D eigenvalue weighted by atomic mass is 14.9. The van der Waals surface area contributed by atoms with Crippen LogP contribution in [0.5, 0.6) is 0 Å². The molecule has 0 fully saturated rings. The summed E-state index contributed by atoms with van der Waals surface area (Å²) in [6.45, 7) is 7.91. The van der Waals surface area contributed by atoms with Crippen molar-refractivity contribution in [2.75, 3.05) is 0 Å². The highest BCUT2D eigenvalue weighted by Gasteiger charge is 2.26. The molecule has 0 aliphatic heterocycles. The van der Waals surface area contributed by atoms with Gasteiger partial charge in [-0.1, -0.05) is 49.0 Å². The summed E-state index contributed by atoms with van der Waals surface area (Å²) in [5, 5.41) is 0. The number of fused-ring (bicyclic) bond motifs is 1. The Morgan fingerprint density at radius 2 is 1.92 bits per heavy atom. The number of nitrogens with zero attached hydrogens (tertiary/aromatic N) is 1. The Kier molecular flexibility index (Phi) is 4.26. The number of aliphatic imine (C=N–C) groups is 1. The molecule has 122 valence electrons. The summed E-state index contributed by atoms with van der Waals surface area (Å²) in [6, 6.07) is 15.0. The van der Waals surface area contributed by atoms with Crippen LogP contribution in [-0.4, -0.2) is 6.21 Å². The summed E-state index contributed by atoms with van der Waals surface area (Å²) < 4.78 is 0. The van der Waals surface area contributed by atoms with E-state index in [0.29, 0.717) is 0 Å². The van der Waals surface area contributed by atoms with E-state index in [2.05, 4.69) is 61.8 Å². The normalized spacial score (nSPS) is 17.2. The van der Waals surface area contributed by atoms with E-state index in [0.717, 1.165) is 23.3 Å². The highest BCUT2D eigenvalue weighted by molar-refractivity contribution is 5.93. The summed E-state index contributed by atoms with van der Waals surface area (Å²) >= 11 is 0. The van der Waals surface area contributed by atoms with Crippen molar-refractivity contribution < 1.29 is 0 Å². The van der Waals surface area contributed by atoms with Crippen molar-refractivity contribution in [2.24, 2.45) is 16.5 Å². The molecule has 0 heterocycles. The van der Waals surface area contributed by atoms with Gasteiger partial charge >= 0.3 is 0 Å². The van der Waals surface area contributed by atoms with Gasteiger partial charge in [0.25, 0.3) is 0 Å². The lowest BCUT2D eigenvalue weighted by molar-refractivity contribution is 0.797. The van der Waals surface area contributed by atoms with Crippen molar-refractivity contribution in [3.8, 4) is 0 Å². The Labute approximate surface area is 143 Å². The first-order valence-electron chi connectivity index (χ1n) is 8.11. The standard InChI is InChI=1S/C21H23N3/c1-13-8-9-16(10-14(13)2)20-11-17(12-24-15(3)22)21(23)19-7-5-4-6-18(19)20/h4-10,12,20H,3,11,22-23H2,1-2H3/t20-/m1/s1. The van der Waals surface area contributed by atoms with Crippen LogP contribution in [0.3, 0.4) is 0 Å². The van der Waals surface area contributed by atoms with Crippen LogP contribution >= 0.6 is 0 Å². The first kappa shape index (κ1) is 16.1. The third-order valence-corrected chi connectivity index (χ3v) is 4.72. The van der Waals surface area contributed by atoms with E-state index in [-0.39, 0.29) is 11.7 Å². The predicted molar refractivity (Wildman–Crippen MR) is 102 cm³/mol. The fourth-order valence-corrected chi connectivity index (χ4v) is 3.22. The summed E-state index contributed by atoms with van der Waals surface area (Å²) in [6.07, 6.45) is 2.56. The number of hydrogen-bond donors (Lipinski definition) is 2. The van der Waals surface area contributed by atoms with Crippen molar-refractivity contribution in [2.45, 2.75) is 26.2 Å². The van der Waals surface area contributed by atoms with Crippen molar-refractivity contribution in [3.05, 3.63) is 88.3 Å². The highest BCUT2D eigenvalue weighted by Crippen LogP contribution is 2.40. The summed E-state index contributed by atoms with van der Waals surface area (Å²) in [5.74, 6) is 0.553. The molecule has 0 amide bonds. The molecule has 1 atom stereocenters. The average molecular weight is 317 g/mol. The molecule has 0 saturated carbocycles.